The van der Waals surface area contributed by atoms with Crippen LogP contribution >= 0.6 is 34.8 Å². The van der Waals surface area contributed by atoms with Crippen molar-refractivity contribution in [1.29, 1.82) is 0 Å². The minimum atomic E-state index is -4.47. The van der Waals surface area contributed by atoms with Gasteiger partial charge in [0.25, 0.3) is 0 Å². The monoisotopic (exact) mass is 1900 g/mol. The second-order valence-electron chi connectivity index (χ2n) is 36.9. The molecule has 12 atom stereocenters. The zero-order chi connectivity index (χ0) is 91.0. The Labute approximate surface area is 752 Å². The van der Waals surface area contributed by atoms with Crippen LogP contribution in [0.15, 0.2) is 146 Å². The molecule has 0 unspecified atom stereocenters. The van der Waals surface area contributed by atoms with Gasteiger partial charge in [0, 0.05) is 101 Å². The summed E-state index contributed by atoms with van der Waals surface area (Å²) < 4.78 is 278. The molecular weight excluding hydrogens is 1800 g/mol. The second kappa shape index (κ2) is 39.0. The summed E-state index contributed by atoms with van der Waals surface area (Å²) in [4.78, 5) is 0. The number of fused-ring (bicyclic) bond motifs is 12. The van der Waals surface area contributed by atoms with Crippen molar-refractivity contribution in [3.63, 3.8) is 0 Å². The first kappa shape index (κ1) is 95.9. The van der Waals surface area contributed by atoms with E-state index in [9.17, 15) is 64.4 Å². The Balaban J connectivity index is 0.000000137. The van der Waals surface area contributed by atoms with Gasteiger partial charge in [0.15, 0.2) is 56.1 Å². The first-order valence-electron chi connectivity index (χ1n) is 43.7. The van der Waals surface area contributed by atoms with E-state index in [1.807, 2.05) is 48.5 Å². The Morgan fingerprint density at radius 3 is 0.780 bits per heavy atom. The van der Waals surface area contributed by atoms with E-state index in [2.05, 4.69) is 0 Å². The van der Waals surface area contributed by atoms with Gasteiger partial charge in [-0.25, -0.2) is 68.8 Å². The van der Waals surface area contributed by atoms with Gasteiger partial charge in [-0.3, -0.25) is 0 Å². The molecule has 0 saturated heterocycles. The van der Waals surface area contributed by atoms with Crippen molar-refractivity contribution in [2.45, 2.75) is 187 Å². The maximum absolute atomic E-state index is 15.4. The fourth-order valence-electron chi connectivity index (χ4n) is 23.3. The number of hydrogen-bond acceptors (Lipinski definition) is 12. The lowest BCUT2D eigenvalue weighted by Crippen LogP contribution is -2.51. The quantitative estimate of drug-likeness (QED) is 0.0624. The van der Waals surface area contributed by atoms with Crippen molar-refractivity contribution in [2.24, 2.45) is 47.3 Å². The number of halogens is 14. The fraction of sp³-hybridized carbons (Fsp3) is 0.505. The van der Waals surface area contributed by atoms with E-state index in [-0.39, 0.29) is 137 Å². The maximum atomic E-state index is 15.4. The SMILES string of the molecule is CS(=O)(=O)CC[C@@H]1CCC[C@@]2(Cc3ccc(C(F)(F)F)cc3)c3c(F)ccc(F)c3OC[C@@H]12.CS(=O)(=O)CC[C@@H]1CCC[C@@]2(Cc3ccc(Cl)cc3)c3c(F)ccc(F)c3OC[C@@H]12.CS(=O)(=O)CC[C@H]1CCC[C@]2(Cc3ccc(Cl)cc3)c3c(F)ccc(F)c3OC[C@H]12.O=S(=O)(CC[C@@H]1CCC[C@@]2(Cc3ccc(Cl)cc3)c3c(F)ccc(F)c3OC[C@@H]12)C1CCCC1. The van der Waals surface area contributed by atoms with Crippen LogP contribution in [0, 0.1) is 93.9 Å². The van der Waals surface area contributed by atoms with E-state index >= 15 is 17.6 Å². The van der Waals surface area contributed by atoms with Gasteiger partial charge in [-0.05, 0) is 259 Å². The van der Waals surface area contributed by atoms with Gasteiger partial charge in [0.1, 0.15) is 52.8 Å². The third-order valence-electron chi connectivity index (χ3n) is 29.0. The number of alkyl halides is 3. The van der Waals surface area contributed by atoms with Crippen LogP contribution in [-0.2, 0) is 92.9 Å². The highest BCUT2D eigenvalue weighted by Gasteiger charge is 2.58. The average molecular weight is 1910 g/mol. The lowest BCUT2D eigenvalue weighted by atomic mass is 9.55. The molecule has 30 heteroatoms. The van der Waals surface area contributed by atoms with Gasteiger partial charge in [0.05, 0.1) is 60.3 Å². The summed E-state index contributed by atoms with van der Waals surface area (Å²) >= 11 is 18.2. The van der Waals surface area contributed by atoms with Gasteiger partial charge >= 0.3 is 6.18 Å². The summed E-state index contributed by atoms with van der Waals surface area (Å²) in [7, 11) is -12.6. The van der Waals surface area contributed by atoms with Crippen molar-refractivity contribution in [3.8, 4) is 23.0 Å². The first-order valence-corrected chi connectivity index (χ1v) is 52.7. The lowest BCUT2D eigenvalue weighted by Gasteiger charge is -2.52. The fourth-order valence-corrected chi connectivity index (χ4v) is 27.8. The summed E-state index contributed by atoms with van der Waals surface area (Å²) in [5.74, 6) is -4.60. The van der Waals surface area contributed by atoms with Crippen LogP contribution in [0.2, 0.25) is 15.1 Å². The summed E-state index contributed by atoms with van der Waals surface area (Å²) in [6.45, 7) is 0.891. The van der Waals surface area contributed by atoms with Gasteiger partial charge in [0.2, 0.25) is 0 Å². The Bertz CT molecular complexity index is 5590. The Morgan fingerprint density at radius 2 is 0.543 bits per heavy atom. The van der Waals surface area contributed by atoms with Crippen LogP contribution < -0.4 is 18.9 Å². The van der Waals surface area contributed by atoms with Gasteiger partial charge in [-0.15, -0.1) is 0 Å². The molecule has 9 aliphatic rings. The van der Waals surface area contributed by atoms with E-state index in [0.717, 1.165) is 136 Å². The Hall–Kier alpha value is -7.14. The molecule has 8 aromatic rings. The molecule has 5 fully saturated rings. The molecule has 4 heterocycles. The van der Waals surface area contributed by atoms with Gasteiger partial charge in [-0.2, -0.15) is 13.2 Å². The number of ether oxygens (including phenoxy) is 4. The van der Waals surface area contributed by atoms with E-state index in [0.29, 0.717) is 114 Å². The standard InChI is InChI=1S/C27H31ClF2O3S.C24H25F5O3S.2C23H25ClF2O3S/c28-20-9-7-18(8-10-20)16-27-14-3-4-19(13-15-34(31,32)21-5-1-2-6-21)22(27)17-33-26-24(30)12-11-23(29)25(26)27;1-33(30,31)12-10-16-3-2-11-23(13-15-4-6-17(7-5-15)24(27,28)29)18(16)14-32-22-20(26)9-8-19(25)21(22)23;2*1-30(27,28)12-10-16-3-2-11-23(13-15-4-6-17(24)7-5-15)18(16)14-29-22-20(26)9-8-19(25)21(22)23/h7-12,19,21-22H,1-6,13-17H2;4-9,16,18H,2-3,10-14H2,1H3;2*4-9,16,18H,2-3,10-14H2,1H3/t19-,22-,27-;3*16-,18-,23-/m0010/s1. The van der Waals surface area contributed by atoms with Crippen LogP contribution in [0.3, 0.4) is 0 Å². The van der Waals surface area contributed by atoms with Gasteiger partial charge in [-0.1, -0.05) is 122 Å². The van der Waals surface area contributed by atoms with Crippen molar-refractivity contribution in [3.05, 3.63) is 257 Å². The highest BCUT2D eigenvalue weighted by molar-refractivity contribution is 7.92. The Kier molecular flexibility index (Phi) is 29.4. The van der Waals surface area contributed by atoms with Crippen molar-refractivity contribution in [2.75, 3.05) is 68.2 Å². The molecule has 0 aromatic heterocycles. The highest BCUT2D eigenvalue weighted by Crippen LogP contribution is 2.61. The molecule has 0 amide bonds. The van der Waals surface area contributed by atoms with E-state index in [4.69, 9.17) is 53.8 Å². The average Bonchev–Trinajstić information content (AvgIpc) is 0.936. The summed E-state index contributed by atoms with van der Waals surface area (Å²) in [5.41, 5.74) is 0.989. The largest absolute Gasteiger partial charge is 0.490 e. The molecule has 0 radical (unpaired) electrons. The molecule has 4 aliphatic heterocycles. The van der Waals surface area contributed by atoms with Crippen LogP contribution in [0.1, 0.15) is 178 Å². The molecule has 5 saturated carbocycles. The van der Waals surface area contributed by atoms with Crippen molar-refractivity contribution in [1.82, 2.24) is 0 Å². The molecule has 5 aliphatic carbocycles. The number of benzene rings is 8. The highest BCUT2D eigenvalue weighted by atomic mass is 35.5. The molecule has 127 heavy (non-hydrogen) atoms. The van der Waals surface area contributed by atoms with Crippen LogP contribution in [0.5, 0.6) is 23.0 Å². The molecule has 0 bridgehead atoms. The van der Waals surface area contributed by atoms with Crippen molar-refractivity contribution < 1.29 is 101 Å². The lowest BCUT2D eigenvalue weighted by molar-refractivity contribution is -0.137. The summed E-state index contributed by atoms with van der Waals surface area (Å²) in [6, 6.07) is 36.0. The molecular formula is C97H106Cl3F11O12S4. The van der Waals surface area contributed by atoms with E-state index in [1.54, 1.807) is 24.3 Å². The minimum absolute atomic E-state index is 0.00368. The molecule has 12 nitrogen and oxygen atoms in total. The van der Waals surface area contributed by atoms with Crippen molar-refractivity contribution >= 4 is 74.2 Å². The van der Waals surface area contributed by atoms with Crippen LogP contribution in [0.25, 0.3) is 0 Å². The maximum Gasteiger partial charge on any atom is 0.416 e. The summed E-state index contributed by atoms with van der Waals surface area (Å²) in [5, 5.41) is 1.64. The van der Waals surface area contributed by atoms with Crippen LogP contribution in [0.4, 0.5) is 48.3 Å². The topological polar surface area (TPSA) is 173 Å². The first-order chi connectivity index (χ1) is 60.1. The number of rotatable bonds is 21. The zero-order valence-electron chi connectivity index (χ0n) is 71.0. The van der Waals surface area contributed by atoms with Gasteiger partial charge < -0.3 is 18.9 Å². The molecule has 8 aromatic carbocycles. The molecule has 0 N–H and O–H groups in total. The summed E-state index contributed by atoms with van der Waals surface area (Å²) in [6.07, 6.45) is 15.5. The molecule has 17 rings (SSSR count). The predicted octanol–water partition coefficient (Wildman–Crippen LogP) is 23.0. The zero-order valence-corrected chi connectivity index (χ0v) is 76.5. The minimum Gasteiger partial charge on any atom is -0.490 e. The molecule has 688 valence electrons. The second-order valence-corrected chi connectivity index (χ2v) is 47.4. The van der Waals surface area contributed by atoms with E-state index in [1.165, 1.54) is 42.8 Å². The van der Waals surface area contributed by atoms with Crippen LogP contribution in [-0.4, -0.2) is 107 Å². The smallest absolute Gasteiger partial charge is 0.416 e. The number of sulfone groups is 4. The third-order valence-corrected chi connectivity index (χ3v) is 35.0. The molecule has 0 spiro atoms. The normalized spacial score (nSPS) is 26.0. The van der Waals surface area contributed by atoms with E-state index < -0.39 is 119 Å². The number of hydrogen-bond donors (Lipinski definition) is 0. The third kappa shape index (κ3) is 21.3. The Morgan fingerprint density at radius 1 is 0.315 bits per heavy atom. The predicted molar refractivity (Wildman–Crippen MR) is 472 cm³/mol.